The van der Waals surface area contributed by atoms with Crippen molar-refractivity contribution in [1.82, 2.24) is 30.0 Å². The van der Waals surface area contributed by atoms with Crippen LogP contribution in [0.15, 0.2) is 46.9 Å². The monoisotopic (exact) mass is 440 g/mol. The second kappa shape index (κ2) is 11.5. The molecule has 0 amide bonds. The van der Waals surface area contributed by atoms with E-state index in [4.69, 9.17) is 4.99 Å². The number of thiazole rings is 1. The Morgan fingerprint density at radius 3 is 2.65 bits per heavy atom. The van der Waals surface area contributed by atoms with E-state index in [2.05, 4.69) is 68.7 Å². The molecule has 3 aromatic rings. The maximum absolute atomic E-state index is 4.82. The highest BCUT2D eigenvalue weighted by Crippen LogP contribution is 2.11. The molecule has 0 radical (unpaired) electrons. The van der Waals surface area contributed by atoms with Gasteiger partial charge in [0, 0.05) is 64.5 Å². The van der Waals surface area contributed by atoms with Crippen molar-refractivity contribution in [3.63, 3.8) is 0 Å². The number of aryl methyl sites for hydroxylation is 1. The van der Waals surface area contributed by atoms with Gasteiger partial charge in [-0.05, 0) is 25.5 Å². The molecule has 2 heterocycles. The van der Waals surface area contributed by atoms with Crippen molar-refractivity contribution >= 4 is 23.0 Å². The Kier molecular flexibility index (Phi) is 8.40. The lowest BCUT2D eigenvalue weighted by Gasteiger charge is -2.23. The highest BCUT2D eigenvalue weighted by molar-refractivity contribution is 7.09. The predicted molar refractivity (Wildman–Crippen MR) is 128 cm³/mol. The number of aromatic nitrogens is 4. The number of para-hydroxylation sites is 1. The number of hydrogen-bond acceptors (Lipinski definition) is 6. The molecule has 0 unspecified atom stereocenters. The molecule has 9 heteroatoms. The highest BCUT2D eigenvalue weighted by Gasteiger charge is 2.10. The van der Waals surface area contributed by atoms with Crippen molar-refractivity contribution in [1.29, 1.82) is 0 Å². The second-order valence-electron chi connectivity index (χ2n) is 7.50. The van der Waals surface area contributed by atoms with Gasteiger partial charge in [-0.2, -0.15) is 0 Å². The van der Waals surface area contributed by atoms with Crippen LogP contribution in [0.25, 0.3) is 0 Å². The van der Waals surface area contributed by atoms with Gasteiger partial charge in [0.05, 0.1) is 5.01 Å². The molecule has 1 aromatic carbocycles. The summed E-state index contributed by atoms with van der Waals surface area (Å²) in [5.41, 5.74) is 1.23. The SMILES string of the molecule is Cc1nnc(CN=C(NCCCN(C)c2ccccc2)N(C)CCc2nccs2)n1C. The summed E-state index contributed by atoms with van der Waals surface area (Å²) in [6, 6.07) is 10.5. The molecule has 166 valence electrons. The number of nitrogens with zero attached hydrogens (tertiary/aromatic N) is 7. The summed E-state index contributed by atoms with van der Waals surface area (Å²) < 4.78 is 1.98. The average Bonchev–Trinajstić information content (AvgIpc) is 3.42. The fourth-order valence-electron chi connectivity index (χ4n) is 3.12. The minimum Gasteiger partial charge on any atom is -0.375 e. The molecule has 0 fully saturated rings. The first-order valence-electron chi connectivity index (χ1n) is 10.5. The zero-order valence-corrected chi connectivity index (χ0v) is 19.6. The van der Waals surface area contributed by atoms with Crippen molar-refractivity contribution in [2.75, 3.05) is 38.6 Å². The Morgan fingerprint density at radius 1 is 1.16 bits per heavy atom. The van der Waals surface area contributed by atoms with E-state index in [1.165, 1.54) is 5.69 Å². The molecule has 1 N–H and O–H groups in total. The number of benzene rings is 1. The number of hydrogen-bond donors (Lipinski definition) is 1. The summed E-state index contributed by atoms with van der Waals surface area (Å²) in [6.07, 6.45) is 3.76. The molecule has 0 saturated heterocycles. The molecule has 31 heavy (non-hydrogen) atoms. The lowest BCUT2D eigenvalue weighted by molar-refractivity contribution is 0.480. The molecule has 2 aromatic heterocycles. The van der Waals surface area contributed by atoms with E-state index in [0.29, 0.717) is 6.54 Å². The molecule has 0 saturated carbocycles. The van der Waals surface area contributed by atoms with Gasteiger partial charge in [0.25, 0.3) is 0 Å². The summed E-state index contributed by atoms with van der Waals surface area (Å²) in [7, 11) is 6.16. The maximum Gasteiger partial charge on any atom is 0.194 e. The van der Waals surface area contributed by atoms with Crippen LogP contribution in [0.4, 0.5) is 5.69 Å². The van der Waals surface area contributed by atoms with Gasteiger partial charge in [-0.25, -0.2) is 9.98 Å². The van der Waals surface area contributed by atoms with Crippen molar-refractivity contribution in [2.24, 2.45) is 12.0 Å². The first-order valence-corrected chi connectivity index (χ1v) is 11.4. The van der Waals surface area contributed by atoms with E-state index in [9.17, 15) is 0 Å². The Balaban J connectivity index is 1.56. The number of likely N-dealkylation sites (N-methyl/N-ethyl adjacent to an activating group) is 1. The van der Waals surface area contributed by atoms with Gasteiger partial charge in [0.1, 0.15) is 12.4 Å². The van der Waals surface area contributed by atoms with Crippen molar-refractivity contribution in [2.45, 2.75) is 26.3 Å². The quantitative estimate of drug-likeness (QED) is 0.297. The van der Waals surface area contributed by atoms with Crippen LogP contribution in [0.2, 0.25) is 0 Å². The van der Waals surface area contributed by atoms with Crippen LogP contribution >= 0.6 is 11.3 Å². The Bertz CT molecular complexity index is 936. The first kappa shape index (κ1) is 22.7. The largest absolute Gasteiger partial charge is 0.375 e. The smallest absolute Gasteiger partial charge is 0.194 e. The Hall–Kier alpha value is -2.94. The van der Waals surface area contributed by atoms with Gasteiger partial charge in [0.2, 0.25) is 0 Å². The zero-order valence-electron chi connectivity index (χ0n) is 18.8. The normalized spacial score (nSPS) is 11.5. The van der Waals surface area contributed by atoms with Crippen LogP contribution in [0.5, 0.6) is 0 Å². The summed E-state index contributed by atoms with van der Waals surface area (Å²) >= 11 is 1.69. The molecule has 3 rings (SSSR count). The highest BCUT2D eigenvalue weighted by atomic mass is 32.1. The molecule has 0 atom stereocenters. The predicted octanol–water partition coefficient (Wildman–Crippen LogP) is 2.73. The molecule has 0 aliphatic heterocycles. The standard InChI is InChI=1S/C22H32N8S/c1-18-26-27-20(30(18)4)17-25-22(29(3)15-11-21-23-13-16-31-21)24-12-8-14-28(2)19-9-6-5-7-10-19/h5-7,9-10,13,16H,8,11-12,14-15,17H2,1-4H3,(H,24,25). The third-order valence-electron chi connectivity index (χ3n) is 5.21. The molecular weight excluding hydrogens is 408 g/mol. The van der Waals surface area contributed by atoms with Crippen molar-refractivity contribution in [3.05, 3.63) is 58.6 Å². The fourth-order valence-corrected chi connectivity index (χ4v) is 3.73. The topological polar surface area (TPSA) is 74.5 Å². The van der Waals surface area contributed by atoms with Crippen LogP contribution in [-0.2, 0) is 20.0 Å². The first-order chi connectivity index (χ1) is 15.0. The van der Waals surface area contributed by atoms with E-state index in [0.717, 1.165) is 55.1 Å². The molecule has 0 spiro atoms. The molecule has 0 bridgehead atoms. The number of aliphatic imine (C=N–C) groups is 1. The summed E-state index contributed by atoms with van der Waals surface area (Å²) in [6.45, 7) is 5.10. The number of rotatable bonds is 10. The number of guanidine groups is 1. The summed E-state index contributed by atoms with van der Waals surface area (Å²) in [4.78, 5) is 13.6. The zero-order chi connectivity index (χ0) is 22.1. The summed E-state index contributed by atoms with van der Waals surface area (Å²) in [5.74, 6) is 2.62. The summed E-state index contributed by atoms with van der Waals surface area (Å²) in [5, 5.41) is 15.0. The van der Waals surface area contributed by atoms with Gasteiger partial charge in [0.15, 0.2) is 11.8 Å². The van der Waals surface area contributed by atoms with Crippen LogP contribution in [-0.4, -0.2) is 64.3 Å². The van der Waals surface area contributed by atoms with Crippen LogP contribution < -0.4 is 10.2 Å². The minimum atomic E-state index is 0.491. The van der Waals surface area contributed by atoms with E-state index < -0.39 is 0 Å². The van der Waals surface area contributed by atoms with Crippen LogP contribution in [0.3, 0.4) is 0 Å². The van der Waals surface area contributed by atoms with Gasteiger partial charge < -0.3 is 19.7 Å². The van der Waals surface area contributed by atoms with Gasteiger partial charge in [-0.1, -0.05) is 18.2 Å². The maximum atomic E-state index is 4.82. The van der Waals surface area contributed by atoms with E-state index in [1.807, 2.05) is 36.2 Å². The third-order valence-corrected chi connectivity index (χ3v) is 6.05. The van der Waals surface area contributed by atoms with E-state index in [1.54, 1.807) is 11.3 Å². The molecule has 8 nitrogen and oxygen atoms in total. The van der Waals surface area contributed by atoms with E-state index >= 15 is 0 Å². The van der Waals surface area contributed by atoms with Gasteiger partial charge >= 0.3 is 0 Å². The number of anilines is 1. The molecule has 0 aliphatic rings. The van der Waals surface area contributed by atoms with E-state index in [-0.39, 0.29) is 0 Å². The minimum absolute atomic E-state index is 0.491. The van der Waals surface area contributed by atoms with Gasteiger partial charge in [-0.3, -0.25) is 0 Å². The Labute approximate surface area is 188 Å². The van der Waals surface area contributed by atoms with Crippen LogP contribution in [0.1, 0.15) is 23.1 Å². The lowest BCUT2D eigenvalue weighted by atomic mass is 10.3. The van der Waals surface area contributed by atoms with Crippen LogP contribution in [0, 0.1) is 6.92 Å². The second-order valence-corrected chi connectivity index (χ2v) is 8.48. The fraction of sp³-hybridized carbons (Fsp3) is 0.455. The van der Waals surface area contributed by atoms with Gasteiger partial charge in [-0.15, -0.1) is 21.5 Å². The number of nitrogens with one attached hydrogen (secondary N) is 1. The molecular formula is C22H32N8S. The average molecular weight is 441 g/mol. The lowest BCUT2D eigenvalue weighted by Crippen LogP contribution is -2.41. The Morgan fingerprint density at radius 2 is 1.97 bits per heavy atom. The third kappa shape index (κ3) is 6.78. The molecule has 0 aliphatic carbocycles. The van der Waals surface area contributed by atoms with Crippen molar-refractivity contribution < 1.29 is 0 Å². The van der Waals surface area contributed by atoms with Crippen molar-refractivity contribution in [3.8, 4) is 0 Å².